The highest BCUT2D eigenvalue weighted by Crippen LogP contribution is 2.30. The van der Waals surface area contributed by atoms with Crippen LogP contribution < -0.4 is 5.73 Å². The fourth-order valence-corrected chi connectivity index (χ4v) is 2.15. The van der Waals surface area contributed by atoms with Gasteiger partial charge in [0.05, 0.1) is 11.6 Å². The molecular weight excluding hydrogens is 210 g/mol. The van der Waals surface area contributed by atoms with E-state index in [1.54, 1.807) is 0 Å². The summed E-state index contributed by atoms with van der Waals surface area (Å²) in [6.07, 6.45) is 0. The van der Waals surface area contributed by atoms with Crippen molar-refractivity contribution in [1.29, 1.82) is 0 Å². The highest BCUT2D eigenvalue weighted by Gasteiger charge is 2.29. The second-order valence-corrected chi connectivity index (χ2v) is 5.31. The molecule has 0 aliphatic rings. The summed E-state index contributed by atoms with van der Waals surface area (Å²) in [5, 5.41) is 0. The van der Waals surface area contributed by atoms with Crippen LogP contribution in [0.1, 0.15) is 49.1 Å². The Kier molecular flexibility index (Phi) is 4.34. The number of aryl methyl sites for hydroxylation is 3. The maximum absolute atomic E-state index is 6.35. The van der Waals surface area contributed by atoms with Crippen molar-refractivity contribution < 1.29 is 4.74 Å². The van der Waals surface area contributed by atoms with Crippen molar-refractivity contribution in [3.05, 3.63) is 34.4 Å². The molecule has 17 heavy (non-hydrogen) atoms. The van der Waals surface area contributed by atoms with Gasteiger partial charge in [-0.25, -0.2) is 0 Å². The van der Waals surface area contributed by atoms with E-state index in [1.165, 1.54) is 22.3 Å². The van der Waals surface area contributed by atoms with Gasteiger partial charge in [-0.05, 0) is 63.8 Å². The molecule has 0 radical (unpaired) electrons. The third-order valence-corrected chi connectivity index (χ3v) is 3.48. The highest BCUT2D eigenvalue weighted by molar-refractivity contribution is 5.39. The molecule has 0 fully saturated rings. The Morgan fingerprint density at radius 3 is 2.18 bits per heavy atom. The van der Waals surface area contributed by atoms with E-state index < -0.39 is 0 Å². The molecule has 1 atom stereocenters. The van der Waals surface area contributed by atoms with Gasteiger partial charge >= 0.3 is 0 Å². The van der Waals surface area contributed by atoms with E-state index in [0.717, 1.165) is 0 Å². The topological polar surface area (TPSA) is 35.2 Å². The van der Waals surface area contributed by atoms with Crippen molar-refractivity contribution in [1.82, 2.24) is 0 Å². The smallest absolute Gasteiger partial charge is 0.0818 e. The lowest BCUT2D eigenvalue weighted by Gasteiger charge is -2.33. The number of rotatable bonds is 4. The minimum atomic E-state index is -0.332. The van der Waals surface area contributed by atoms with Crippen LogP contribution in [0, 0.1) is 20.8 Å². The Morgan fingerprint density at radius 1 is 1.12 bits per heavy atom. The molecule has 1 aromatic carbocycles. The first-order chi connectivity index (χ1) is 7.79. The summed E-state index contributed by atoms with van der Waals surface area (Å²) in [4.78, 5) is 0. The zero-order chi connectivity index (χ0) is 13.2. The van der Waals surface area contributed by atoms with Crippen molar-refractivity contribution >= 4 is 0 Å². The van der Waals surface area contributed by atoms with E-state index in [-0.39, 0.29) is 11.6 Å². The molecule has 0 amide bonds. The van der Waals surface area contributed by atoms with Gasteiger partial charge in [0.1, 0.15) is 0 Å². The zero-order valence-electron chi connectivity index (χ0n) is 11.9. The molecule has 0 bridgehead atoms. The maximum Gasteiger partial charge on any atom is 0.0818 e. The van der Waals surface area contributed by atoms with E-state index in [2.05, 4.69) is 46.8 Å². The van der Waals surface area contributed by atoms with Crippen LogP contribution in [0.4, 0.5) is 0 Å². The quantitative estimate of drug-likeness (QED) is 0.867. The molecule has 2 heteroatoms. The van der Waals surface area contributed by atoms with Crippen LogP contribution in [-0.4, -0.2) is 12.2 Å². The van der Waals surface area contributed by atoms with Crippen molar-refractivity contribution in [2.24, 2.45) is 5.73 Å². The van der Waals surface area contributed by atoms with Crippen LogP contribution in [0.25, 0.3) is 0 Å². The Morgan fingerprint density at radius 2 is 1.65 bits per heavy atom. The van der Waals surface area contributed by atoms with Gasteiger partial charge in [0.25, 0.3) is 0 Å². The molecule has 0 heterocycles. The van der Waals surface area contributed by atoms with Gasteiger partial charge < -0.3 is 10.5 Å². The largest absolute Gasteiger partial charge is 0.374 e. The molecule has 0 saturated carbocycles. The average molecular weight is 235 g/mol. The first-order valence-corrected chi connectivity index (χ1v) is 6.27. The molecule has 1 aromatic rings. The number of hydrogen-bond donors (Lipinski definition) is 1. The van der Waals surface area contributed by atoms with Gasteiger partial charge in [0, 0.05) is 6.61 Å². The van der Waals surface area contributed by atoms with Gasteiger partial charge in [-0.2, -0.15) is 0 Å². The SMILES string of the molecule is CCOC(C)(C)C(N)c1cc(C)c(C)cc1C. The van der Waals surface area contributed by atoms with Crippen molar-refractivity contribution in [2.45, 2.75) is 53.2 Å². The number of hydrogen-bond acceptors (Lipinski definition) is 2. The third kappa shape index (κ3) is 3.08. The maximum atomic E-state index is 6.35. The Labute approximate surface area is 105 Å². The molecule has 0 aliphatic heterocycles. The summed E-state index contributed by atoms with van der Waals surface area (Å²) in [7, 11) is 0. The van der Waals surface area contributed by atoms with Gasteiger partial charge in [0.2, 0.25) is 0 Å². The van der Waals surface area contributed by atoms with E-state index in [4.69, 9.17) is 10.5 Å². The van der Waals surface area contributed by atoms with Crippen LogP contribution >= 0.6 is 0 Å². The molecule has 0 spiro atoms. The average Bonchev–Trinajstić information content (AvgIpc) is 2.22. The van der Waals surface area contributed by atoms with Crippen LogP contribution in [0.5, 0.6) is 0 Å². The fraction of sp³-hybridized carbons (Fsp3) is 0.600. The molecule has 0 aromatic heterocycles. The van der Waals surface area contributed by atoms with Crippen molar-refractivity contribution in [3.8, 4) is 0 Å². The van der Waals surface area contributed by atoms with E-state index >= 15 is 0 Å². The van der Waals surface area contributed by atoms with Crippen LogP contribution in [0.2, 0.25) is 0 Å². The predicted octanol–water partition coefficient (Wildman–Crippen LogP) is 3.43. The molecule has 1 rings (SSSR count). The van der Waals surface area contributed by atoms with E-state index in [9.17, 15) is 0 Å². The molecule has 2 nitrogen and oxygen atoms in total. The molecule has 0 saturated heterocycles. The summed E-state index contributed by atoms with van der Waals surface area (Å²) in [6.45, 7) is 13.2. The molecule has 0 aliphatic carbocycles. The summed E-state index contributed by atoms with van der Waals surface area (Å²) < 4.78 is 5.75. The second-order valence-electron chi connectivity index (χ2n) is 5.31. The lowest BCUT2D eigenvalue weighted by molar-refractivity contribution is -0.0299. The minimum absolute atomic E-state index is 0.0956. The van der Waals surface area contributed by atoms with Gasteiger partial charge in [-0.1, -0.05) is 12.1 Å². The van der Waals surface area contributed by atoms with Crippen molar-refractivity contribution in [3.63, 3.8) is 0 Å². The molecule has 96 valence electrons. The third-order valence-electron chi connectivity index (χ3n) is 3.48. The lowest BCUT2D eigenvalue weighted by atomic mass is 9.87. The van der Waals surface area contributed by atoms with E-state index in [1.807, 2.05) is 6.92 Å². The Hall–Kier alpha value is -0.860. The number of nitrogens with two attached hydrogens (primary N) is 1. The van der Waals surface area contributed by atoms with Gasteiger partial charge in [-0.15, -0.1) is 0 Å². The molecule has 2 N–H and O–H groups in total. The molecule has 1 unspecified atom stereocenters. The summed E-state index contributed by atoms with van der Waals surface area (Å²) in [5.74, 6) is 0. The van der Waals surface area contributed by atoms with Crippen molar-refractivity contribution in [2.75, 3.05) is 6.61 Å². The first kappa shape index (κ1) is 14.2. The summed E-state index contributed by atoms with van der Waals surface area (Å²) >= 11 is 0. The number of benzene rings is 1. The standard InChI is InChI=1S/C15H25NO/c1-7-17-15(5,6)14(16)13-9-11(3)10(2)8-12(13)4/h8-9,14H,7,16H2,1-6H3. The summed E-state index contributed by atoms with van der Waals surface area (Å²) in [6, 6.07) is 4.30. The monoisotopic (exact) mass is 235 g/mol. The first-order valence-electron chi connectivity index (χ1n) is 6.27. The normalized spacial score (nSPS) is 13.8. The van der Waals surface area contributed by atoms with Crippen LogP contribution in [-0.2, 0) is 4.74 Å². The van der Waals surface area contributed by atoms with Gasteiger partial charge in [0.15, 0.2) is 0 Å². The highest BCUT2D eigenvalue weighted by atomic mass is 16.5. The Balaban J connectivity index is 3.12. The fourth-order valence-electron chi connectivity index (χ4n) is 2.15. The van der Waals surface area contributed by atoms with Crippen LogP contribution in [0.3, 0.4) is 0 Å². The Bertz CT molecular complexity index is 396. The van der Waals surface area contributed by atoms with E-state index in [0.29, 0.717) is 6.61 Å². The predicted molar refractivity (Wildman–Crippen MR) is 73.3 cm³/mol. The number of ether oxygens (including phenoxy) is 1. The minimum Gasteiger partial charge on any atom is -0.374 e. The summed E-state index contributed by atoms with van der Waals surface area (Å²) in [5.41, 5.74) is 11.1. The van der Waals surface area contributed by atoms with Crippen LogP contribution in [0.15, 0.2) is 12.1 Å². The zero-order valence-corrected chi connectivity index (χ0v) is 11.9. The molecular formula is C15H25NO. The lowest BCUT2D eigenvalue weighted by Crippen LogP contribution is -2.38. The second kappa shape index (κ2) is 5.19. The van der Waals surface area contributed by atoms with Gasteiger partial charge in [-0.3, -0.25) is 0 Å².